The van der Waals surface area contributed by atoms with Crippen LogP contribution in [0.4, 0.5) is 51.2 Å². The van der Waals surface area contributed by atoms with Crippen LogP contribution >= 0.6 is 0 Å². The van der Waals surface area contributed by atoms with Crippen LogP contribution in [0.25, 0.3) is 22.3 Å². The van der Waals surface area contributed by atoms with Crippen LogP contribution in [0, 0.1) is 0 Å². The highest BCUT2D eigenvalue weighted by molar-refractivity contribution is 7.00. The smallest absolute Gasteiger partial charge is 0.252 e. The van der Waals surface area contributed by atoms with Crippen LogP contribution in [0.1, 0.15) is 137 Å². The van der Waals surface area contributed by atoms with Crippen LogP contribution in [-0.2, 0) is 27.1 Å². The first-order chi connectivity index (χ1) is 38.5. The van der Waals surface area contributed by atoms with E-state index in [1.54, 1.807) is 0 Å². The molecular weight excluding hydrogens is 930 g/mol. The molecule has 3 nitrogen and oxygen atoms in total. The number of rotatable bonds is 6. The highest BCUT2D eigenvalue weighted by Crippen LogP contribution is 2.53. The van der Waals surface area contributed by atoms with E-state index >= 15 is 0 Å². The first-order valence-corrected chi connectivity index (χ1v) is 27.5. The SMILES string of the molecule is [2H]c1c([2H])c([2H])c(N(c2ccc3c(c2)N(c2ccc(C(C)(C)C)cc2)c2cc(C(C)(C)C)cc4c2B3c2cc(C(C)(C)C)ccc2N4c2ccc3c(c2)-c2ccccc2C3(C)C)c2ccc(C(C)(C)C)cc2-c2ccccc2)c([2H])c1[2H]. The molecule has 0 atom stereocenters. The maximum absolute atomic E-state index is 9.69. The minimum Gasteiger partial charge on any atom is -0.311 e. The van der Waals surface area contributed by atoms with Crippen LogP contribution in [0.15, 0.2) is 194 Å². The lowest BCUT2D eigenvalue weighted by Crippen LogP contribution is -2.61. The van der Waals surface area contributed by atoms with Gasteiger partial charge in [0.2, 0.25) is 0 Å². The second-order valence-electron chi connectivity index (χ2n) is 26.4. The van der Waals surface area contributed by atoms with E-state index < -0.39 is 18.1 Å². The third kappa shape index (κ3) is 8.42. The standard InChI is InChI=1S/C73H74BN3/c1-69(2,3)48-29-33-53(34-30-48)76-65-46-55(75(52-25-19-16-20-26-52)63-39-31-49(70(4,5)6)41-57(63)47-23-17-15-18-24-47)36-38-61(65)74-62-42-50(71(7,8)9)32-40-64(62)77(67-44-51(72(10,11)12)43-66(76)68(67)74)54-35-37-60-58(45-54)56-27-21-22-28-59(56)73(60,13)14/h15-46H,1-14H3/i16D,19D,20D,25D,26D. The predicted molar refractivity (Wildman–Crippen MR) is 333 cm³/mol. The number of para-hydroxylation sites is 1. The largest absolute Gasteiger partial charge is 0.311 e. The summed E-state index contributed by atoms with van der Waals surface area (Å²) in [6.07, 6.45) is 0. The summed E-state index contributed by atoms with van der Waals surface area (Å²) in [7, 11) is 0. The van der Waals surface area contributed by atoms with Crippen LogP contribution in [0.5, 0.6) is 0 Å². The molecule has 0 radical (unpaired) electrons. The average molecular weight is 1010 g/mol. The summed E-state index contributed by atoms with van der Waals surface area (Å²) in [6, 6.07) is 58.4. The number of anilines is 9. The zero-order chi connectivity index (χ0) is 58.5. The van der Waals surface area contributed by atoms with Crippen LogP contribution in [0.3, 0.4) is 0 Å². The van der Waals surface area contributed by atoms with Gasteiger partial charge in [0.05, 0.1) is 12.5 Å². The summed E-state index contributed by atoms with van der Waals surface area (Å²) >= 11 is 0. The molecule has 0 saturated carbocycles. The van der Waals surface area contributed by atoms with Gasteiger partial charge < -0.3 is 14.7 Å². The van der Waals surface area contributed by atoms with E-state index in [1.807, 2.05) is 23.1 Å². The highest BCUT2D eigenvalue weighted by Gasteiger charge is 2.46. The van der Waals surface area contributed by atoms with E-state index in [1.165, 1.54) is 49.9 Å². The number of benzene rings is 9. The molecule has 0 fully saturated rings. The van der Waals surface area contributed by atoms with Gasteiger partial charge in [-0.15, -0.1) is 0 Å². The van der Waals surface area contributed by atoms with Crippen molar-refractivity contribution in [2.45, 2.75) is 124 Å². The Bertz CT molecular complexity index is 4050. The molecule has 4 heteroatoms. The van der Waals surface area contributed by atoms with Crippen molar-refractivity contribution in [3.05, 3.63) is 227 Å². The molecule has 2 aliphatic heterocycles. The van der Waals surface area contributed by atoms with Crippen molar-refractivity contribution in [2.75, 3.05) is 14.7 Å². The third-order valence-corrected chi connectivity index (χ3v) is 16.8. The Kier molecular flexibility index (Phi) is 10.3. The van der Waals surface area contributed by atoms with Gasteiger partial charge in [-0.05, 0) is 167 Å². The van der Waals surface area contributed by atoms with E-state index in [4.69, 9.17) is 4.11 Å². The predicted octanol–water partition coefficient (Wildman–Crippen LogP) is 18.4. The van der Waals surface area contributed by atoms with Crippen LogP contribution in [0.2, 0.25) is 0 Å². The van der Waals surface area contributed by atoms with Gasteiger partial charge in [0.25, 0.3) is 6.71 Å². The van der Waals surface area contributed by atoms with Crippen molar-refractivity contribution >= 4 is 74.3 Å². The molecule has 0 spiro atoms. The van der Waals surface area contributed by atoms with Gasteiger partial charge in [0.1, 0.15) is 0 Å². The van der Waals surface area contributed by atoms with E-state index in [0.29, 0.717) is 11.4 Å². The molecule has 1 aliphatic carbocycles. The number of hydrogen-bond donors (Lipinski definition) is 0. The van der Waals surface area contributed by atoms with Crippen molar-refractivity contribution in [3.63, 3.8) is 0 Å². The summed E-state index contributed by atoms with van der Waals surface area (Å²) in [6.45, 7) is 31.6. The second kappa shape index (κ2) is 17.7. The minimum atomic E-state index is -0.435. The topological polar surface area (TPSA) is 9.72 Å². The lowest BCUT2D eigenvalue weighted by Gasteiger charge is -2.46. The maximum Gasteiger partial charge on any atom is 0.252 e. The molecule has 0 aromatic heterocycles. The monoisotopic (exact) mass is 1010 g/mol. The van der Waals surface area contributed by atoms with Gasteiger partial charge in [0, 0.05) is 56.5 Å². The Hall–Kier alpha value is -7.56. The molecule has 77 heavy (non-hydrogen) atoms. The normalized spacial score (nSPS) is 15.3. The summed E-state index contributed by atoms with van der Waals surface area (Å²) < 4.78 is 46.4. The Labute approximate surface area is 467 Å². The molecule has 384 valence electrons. The average Bonchev–Trinajstić information content (AvgIpc) is 2.47. The van der Waals surface area contributed by atoms with Crippen molar-refractivity contribution in [3.8, 4) is 22.3 Å². The maximum atomic E-state index is 9.69. The molecule has 2 heterocycles. The molecule has 9 aromatic carbocycles. The zero-order valence-corrected chi connectivity index (χ0v) is 47.5. The van der Waals surface area contributed by atoms with Crippen molar-refractivity contribution in [2.24, 2.45) is 0 Å². The van der Waals surface area contributed by atoms with E-state index in [2.05, 4.69) is 252 Å². The number of nitrogens with zero attached hydrogens (tertiary/aromatic N) is 3. The summed E-state index contributed by atoms with van der Waals surface area (Å²) in [5, 5.41) is 0. The Morgan fingerprint density at radius 1 is 0.416 bits per heavy atom. The first kappa shape index (κ1) is 44.6. The zero-order valence-electron chi connectivity index (χ0n) is 52.5. The van der Waals surface area contributed by atoms with Gasteiger partial charge in [-0.1, -0.05) is 212 Å². The first-order valence-electron chi connectivity index (χ1n) is 30.0. The fraction of sp³-hybridized carbons (Fsp3) is 0.260. The molecule has 0 unspecified atom stereocenters. The van der Waals surface area contributed by atoms with Crippen molar-refractivity contribution < 1.29 is 6.85 Å². The molecule has 0 bridgehead atoms. The molecule has 12 rings (SSSR count). The van der Waals surface area contributed by atoms with Crippen LogP contribution < -0.4 is 31.1 Å². The lowest BCUT2D eigenvalue weighted by molar-refractivity contribution is 0.590. The van der Waals surface area contributed by atoms with Gasteiger partial charge in [-0.25, -0.2) is 0 Å². The van der Waals surface area contributed by atoms with Crippen molar-refractivity contribution in [1.29, 1.82) is 0 Å². The molecule has 0 N–H and O–H groups in total. The van der Waals surface area contributed by atoms with Crippen LogP contribution in [-0.4, -0.2) is 6.71 Å². The van der Waals surface area contributed by atoms with Crippen molar-refractivity contribution in [1.82, 2.24) is 0 Å². The second-order valence-corrected chi connectivity index (χ2v) is 26.4. The Balaban J connectivity index is 1.19. The van der Waals surface area contributed by atoms with Gasteiger partial charge >= 0.3 is 0 Å². The molecule has 3 aliphatic rings. The highest BCUT2D eigenvalue weighted by atomic mass is 15.2. The molecule has 9 aromatic rings. The van der Waals surface area contributed by atoms with E-state index in [0.717, 1.165) is 56.3 Å². The lowest BCUT2D eigenvalue weighted by atomic mass is 9.33. The molecular formula is C73H74BN3. The minimum absolute atomic E-state index is 0.0788. The quantitative estimate of drug-likeness (QED) is 0.154. The third-order valence-electron chi connectivity index (χ3n) is 16.8. The number of fused-ring (bicyclic) bond motifs is 7. The van der Waals surface area contributed by atoms with E-state index in [9.17, 15) is 2.74 Å². The summed E-state index contributed by atoms with van der Waals surface area (Å²) in [4.78, 5) is 6.90. The summed E-state index contributed by atoms with van der Waals surface area (Å²) in [5.74, 6) is 0. The number of hydrogen-bond acceptors (Lipinski definition) is 3. The molecule has 0 amide bonds. The van der Waals surface area contributed by atoms with Gasteiger partial charge in [0.15, 0.2) is 0 Å². The fourth-order valence-electron chi connectivity index (χ4n) is 12.3. The molecule has 0 saturated heterocycles. The summed E-state index contributed by atoms with van der Waals surface area (Å²) in [5.41, 5.74) is 22.2. The van der Waals surface area contributed by atoms with Gasteiger partial charge in [-0.3, -0.25) is 0 Å². The van der Waals surface area contributed by atoms with Gasteiger partial charge in [-0.2, -0.15) is 0 Å². The Morgan fingerprint density at radius 3 is 1.65 bits per heavy atom. The fourth-order valence-corrected chi connectivity index (χ4v) is 12.3. The Morgan fingerprint density at radius 2 is 0.987 bits per heavy atom. The van der Waals surface area contributed by atoms with E-state index in [-0.39, 0.29) is 51.6 Å².